The molecule has 8 rings (SSSR count). The van der Waals surface area contributed by atoms with E-state index in [1.807, 2.05) is 61.5 Å². The van der Waals surface area contributed by atoms with Crippen molar-refractivity contribution in [3.8, 4) is 11.5 Å². The molecule has 246 valence electrons. The third-order valence-electron chi connectivity index (χ3n) is 11.0. The van der Waals surface area contributed by atoms with E-state index in [-0.39, 0.29) is 35.8 Å². The quantitative estimate of drug-likeness (QED) is 0.178. The summed E-state index contributed by atoms with van der Waals surface area (Å²) in [6, 6.07) is 30.6. The maximum atomic E-state index is 14.6. The van der Waals surface area contributed by atoms with Gasteiger partial charge in [-0.3, -0.25) is 24.1 Å². The van der Waals surface area contributed by atoms with Crippen LogP contribution in [0.4, 0.5) is 22.7 Å². The Labute approximate surface area is 283 Å². The molecule has 2 N–H and O–H groups in total. The Bertz CT molecular complexity index is 2030. The van der Waals surface area contributed by atoms with Gasteiger partial charge in [0.1, 0.15) is 11.5 Å². The van der Waals surface area contributed by atoms with E-state index >= 15 is 0 Å². The van der Waals surface area contributed by atoms with Crippen molar-refractivity contribution < 1.29 is 29.0 Å². The topological polar surface area (TPSA) is 116 Å². The number of aromatic hydroxyl groups is 1. The van der Waals surface area contributed by atoms with Crippen molar-refractivity contribution in [2.24, 2.45) is 29.1 Å². The monoisotopic (exact) mass is 653 g/mol. The van der Waals surface area contributed by atoms with E-state index in [0.717, 1.165) is 16.9 Å². The summed E-state index contributed by atoms with van der Waals surface area (Å²) >= 11 is 0. The van der Waals surface area contributed by atoms with E-state index in [9.17, 15) is 24.3 Å². The number of benzene rings is 4. The molecule has 2 saturated heterocycles. The number of methoxy groups -OCH3 is 1. The number of allylic oxidation sites excluding steroid dienone is 2. The Morgan fingerprint density at radius 1 is 0.755 bits per heavy atom. The van der Waals surface area contributed by atoms with Crippen molar-refractivity contribution in [1.29, 1.82) is 0 Å². The van der Waals surface area contributed by atoms with Crippen LogP contribution < -0.4 is 19.9 Å². The minimum Gasteiger partial charge on any atom is -0.508 e. The zero-order valence-corrected chi connectivity index (χ0v) is 27.1. The van der Waals surface area contributed by atoms with E-state index in [2.05, 4.69) is 5.32 Å². The third-order valence-corrected chi connectivity index (χ3v) is 11.0. The lowest BCUT2D eigenvalue weighted by atomic mass is 9.51. The van der Waals surface area contributed by atoms with E-state index < -0.39 is 35.0 Å². The Morgan fingerprint density at radius 3 is 2.10 bits per heavy atom. The van der Waals surface area contributed by atoms with Gasteiger partial charge >= 0.3 is 0 Å². The highest BCUT2D eigenvalue weighted by atomic mass is 16.5. The molecule has 2 aliphatic carbocycles. The zero-order valence-electron chi connectivity index (χ0n) is 27.1. The first-order valence-electron chi connectivity index (χ1n) is 16.5. The molecule has 3 fully saturated rings. The molecule has 6 unspecified atom stereocenters. The van der Waals surface area contributed by atoms with Gasteiger partial charge in [-0.25, -0.2) is 4.90 Å². The maximum absolute atomic E-state index is 14.6. The molecule has 2 aliphatic heterocycles. The lowest BCUT2D eigenvalue weighted by Gasteiger charge is -2.49. The van der Waals surface area contributed by atoms with Crippen LogP contribution in [0.3, 0.4) is 0 Å². The molecule has 4 aliphatic rings. The van der Waals surface area contributed by atoms with Gasteiger partial charge < -0.3 is 15.2 Å². The Morgan fingerprint density at radius 2 is 1.41 bits per heavy atom. The zero-order chi connectivity index (χ0) is 34.0. The highest BCUT2D eigenvalue weighted by Crippen LogP contribution is 2.64. The number of hydrogen-bond acceptors (Lipinski definition) is 7. The summed E-state index contributed by atoms with van der Waals surface area (Å²) in [4.78, 5) is 59.9. The first-order valence-corrected chi connectivity index (χ1v) is 16.5. The predicted molar refractivity (Wildman–Crippen MR) is 184 cm³/mol. The number of phenols is 1. The number of anilines is 4. The minimum atomic E-state index is -1.21. The van der Waals surface area contributed by atoms with Crippen LogP contribution >= 0.6 is 0 Å². The fourth-order valence-electron chi connectivity index (χ4n) is 8.76. The van der Waals surface area contributed by atoms with Crippen molar-refractivity contribution in [2.45, 2.75) is 25.7 Å². The van der Waals surface area contributed by atoms with Gasteiger partial charge in [-0.15, -0.1) is 0 Å². The number of amides is 4. The molecule has 49 heavy (non-hydrogen) atoms. The van der Waals surface area contributed by atoms with Crippen molar-refractivity contribution in [2.75, 3.05) is 22.2 Å². The summed E-state index contributed by atoms with van der Waals surface area (Å²) in [7, 11) is 1.50. The summed E-state index contributed by atoms with van der Waals surface area (Å²) in [6.07, 6.45) is 2.59. The first-order chi connectivity index (χ1) is 23.7. The molecule has 4 amide bonds. The van der Waals surface area contributed by atoms with E-state index in [4.69, 9.17) is 4.74 Å². The second-order valence-corrected chi connectivity index (χ2v) is 13.5. The highest BCUT2D eigenvalue weighted by molar-refractivity contribution is 6.25. The molecular formula is C40H35N3O6. The molecule has 9 heteroatoms. The second kappa shape index (κ2) is 11.5. The van der Waals surface area contributed by atoms with Crippen LogP contribution in [0, 0.1) is 29.1 Å². The normalized spacial score (nSPS) is 27.4. The van der Waals surface area contributed by atoms with Crippen LogP contribution in [0.5, 0.6) is 11.5 Å². The molecule has 4 aromatic rings. The number of carbonyl (C=O) groups is 4. The smallest absolute Gasteiger partial charge is 0.241 e. The summed E-state index contributed by atoms with van der Waals surface area (Å²) in [5.74, 6) is -3.97. The van der Waals surface area contributed by atoms with Gasteiger partial charge in [0, 0.05) is 28.9 Å². The van der Waals surface area contributed by atoms with Gasteiger partial charge in [-0.1, -0.05) is 54.1 Å². The fourth-order valence-corrected chi connectivity index (χ4v) is 8.76. The van der Waals surface area contributed by atoms with Crippen molar-refractivity contribution in [3.63, 3.8) is 0 Å². The molecule has 1 saturated carbocycles. The number of carbonyl (C=O) groups excluding carboxylic acids is 4. The molecule has 0 bridgehead atoms. The molecular weight excluding hydrogens is 618 g/mol. The van der Waals surface area contributed by atoms with Crippen LogP contribution in [0.2, 0.25) is 0 Å². The second-order valence-electron chi connectivity index (χ2n) is 13.5. The molecule has 0 spiro atoms. The Balaban J connectivity index is 1.19. The van der Waals surface area contributed by atoms with E-state index in [1.54, 1.807) is 48.5 Å². The third kappa shape index (κ3) is 4.59. The molecule has 9 nitrogen and oxygen atoms in total. The predicted octanol–water partition coefficient (Wildman–Crippen LogP) is 6.58. The van der Waals surface area contributed by atoms with Crippen molar-refractivity contribution in [3.05, 3.63) is 120 Å². The number of para-hydroxylation sites is 2. The SMILES string of the molecule is COc1cc(O)ccc1C1C2=CCC3C(=O)N(c4ccc(Nc5ccccc5)cc4)C(=O)C3C2CC2C(=O)N(c3ccccc3)C(=O)C21C. The summed E-state index contributed by atoms with van der Waals surface area (Å²) < 4.78 is 5.74. The number of phenolic OH excluding ortho intramolecular Hbond substituents is 1. The van der Waals surface area contributed by atoms with Crippen LogP contribution in [0.15, 0.2) is 115 Å². The van der Waals surface area contributed by atoms with Crippen LogP contribution in [-0.4, -0.2) is 35.8 Å². The van der Waals surface area contributed by atoms with Gasteiger partial charge in [0.25, 0.3) is 0 Å². The number of rotatable bonds is 6. The summed E-state index contributed by atoms with van der Waals surface area (Å²) in [5.41, 5.74) is 3.01. The molecule has 6 atom stereocenters. The molecule has 0 radical (unpaired) electrons. The summed E-state index contributed by atoms with van der Waals surface area (Å²) in [6.45, 7) is 1.83. The Kier molecular flexibility index (Phi) is 7.17. The van der Waals surface area contributed by atoms with Gasteiger partial charge in [0.05, 0.1) is 41.7 Å². The lowest BCUT2D eigenvalue weighted by molar-refractivity contribution is -0.131. The number of imide groups is 2. The van der Waals surface area contributed by atoms with Gasteiger partial charge in [0.2, 0.25) is 23.6 Å². The van der Waals surface area contributed by atoms with Crippen molar-refractivity contribution >= 4 is 46.4 Å². The number of nitrogens with one attached hydrogen (secondary N) is 1. The molecule has 4 aromatic carbocycles. The van der Waals surface area contributed by atoms with Crippen LogP contribution in [0.25, 0.3) is 0 Å². The Hall–Kier alpha value is -5.70. The van der Waals surface area contributed by atoms with Crippen molar-refractivity contribution in [1.82, 2.24) is 0 Å². The molecule has 0 aromatic heterocycles. The lowest BCUT2D eigenvalue weighted by Crippen LogP contribution is -2.49. The number of ether oxygens (including phenoxy) is 1. The highest BCUT2D eigenvalue weighted by Gasteiger charge is 2.68. The van der Waals surface area contributed by atoms with Gasteiger partial charge in [0.15, 0.2) is 0 Å². The number of nitrogens with zero attached hydrogens (tertiary/aromatic N) is 2. The van der Waals surface area contributed by atoms with Gasteiger partial charge in [-0.05, 0) is 80.3 Å². The van der Waals surface area contributed by atoms with Crippen LogP contribution in [-0.2, 0) is 19.2 Å². The van der Waals surface area contributed by atoms with Gasteiger partial charge in [-0.2, -0.15) is 0 Å². The minimum absolute atomic E-state index is 0.00397. The average Bonchev–Trinajstić information content (AvgIpc) is 3.49. The standard InChI is InChI=1S/C40H35N3O6/c1-40-32(37(46)43(39(40)48)25-11-7-4-8-12-25)22-31-28(35(40)29-18-17-27(44)21-33(29)49-2)19-20-30-34(31)38(47)42(36(30)45)26-15-13-24(14-16-26)41-23-9-5-3-6-10-23/h3-19,21,30-32,34-35,41,44H,20,22H2,1-2H3. The van der Waals surface area contributed by atoms with E-state index in [1.165, 1.54) is 23.0 Å². The van der Waals surface area contributed by atoms with E-state index in [0.29, 0.717) is 29.1 Å². The average molecular weight is 654 g/mol. The largest absolute Gasteiger partial charge is 0.508 e. The molecule has 2 heterocycles. The maximum Gasteiger partial charge on any atom is 0.241 e. The van der Waals surface area contributed by atoms with Crippen LogP contribution in [0.1, 0.15) is 31.2 Å². The first kappa shape index (κ1) is 30.6. The fraction of sp³-hybridized carbons (Fsp3) is 0.250. The number of hydrogen-bond donors (Lipinski definition) is 2. The number of fused-ring (bicyclic) bond motifs is 4. The summed E-state index contributed by atoms with van der Waals surface area (Å²) in [5, 5.41) is 13.7.